The number of anilines is 2. The molecule has 0 saturated heterocycles. The van der Waals surface area contributed by atoms with E-state index in [2.05, 4.69) is 27.9 Å². The molecule has 0 radical (unpaired) electrons. The number of aryl methyl sites for hydroxylation is 1. The highest BCUT2D eigenvalue weighted by Gasteiger charge is 2.11. The van der Waals surface area contributed by atoms with Crippen molar-refractivity contribution in [3.8, 4) is 0 Å². The van der Waals surface area contributed by atoms with Crippen LogP contribution in [0.5, 0.6) is 0 Å². The van der Waals surface area contributed by atoms with E-state index in [9.17, 15) is 0 Å². The van der Waals surface area contributed by atoms with Crippen molar-refractivity contribution in [3.05, 3.63) is 59.9 Å². The number of benzene rings is 1. The van der Waals surface area contributed by atoms with Gasteiger partial charge in [0, 0.05) is 24.0 Å². The summed E-state index contributed by atoms with van der Waals surface area (Å²) in [5.41, 5.74) is 9.54. The molecule has 5 nitrogen and oxygen atoms in total. The van der Waals surface area contributed by atoms with Crippen molar-refractivity contribution < 1.29 is 0 Å². The lowest BCUT2D eigenvalue weighted by Crippen LogP contribution is -2.18. The van der Waals surface area contributed by atoms with Crippen LogP contribution >= 0.6 is 0 Å². The van der Waals surface area contributed by atoms with E-state index in [0.29, 0.717) is 18.1 Å². The van der Waals surface area contributed by atoms with Crippen molar-refractivity contribution >= 4 is 29.1 Å². The summed E-state index contributed by atoms with van der Waals surface area (Å²) >= 11 is 0. The fraction of sp³-hybridized carbons (Fsp3) is 0.118. The number of nitrogens with two attached hydrogens (primary N) is 1. The van der Waals surface area contributed by atoms with E-state index in [1.807, 2.05) is 43.3 Å². The van der Waals surface area contributed by atoms with Gasteiger partial charge in [-0.15, -0.1) is 0 Å². The number of fused-ring (bicyclic) bond motifs is 1. The average Bonchev–Trinajstić information content (AvgIpc) is 2.55. The van der Waals surface area contributed by atoms with Gasteiger partial charge in [0.2, 0.25) is 0 Å². The molecule has 0 saturated carbocycles. The average molecular weight is 291 g/mol. The zero-order valence-electron chi connectivity index (χ0n) is 12.4. The first-order valence-electron chi connectivity index (χ1n) is 6.98. The Kier molecular flexibility index (Phi) is 3.70. The summed E-state index contributed by atoms with van der Waals surface area (Å²) in [5, 5.41) is 6.86. The summed E-state index contributed by atoms with van der Waals surface area (Å²) in [5.74, 6) is 0.626. The number of pyridine rings is 2. The summed E-state index contributed by atoms with van der Waals surface area (Å²) in [6.45, 7) is 6.11. The van der Waals surface area contributed by atoms with Gasteiger partial charge in [-0.25, -0.2) is 9.99 Å². The summed E-state index contributed by atoms with van der Waals surface area (Å²) < 4.78 is 0. The monoisotopic (exact) mass is 291 g/mol. The summed E-state index contributed by atoms with van der Waals surface area (Å²) in [6.07, 6.45) is 1.79. The molecule has 0 amide bonds. The van der Waals surface area contributed by atoms with E-state index in [-0.39, 0.29) is 0 Å². The number of hydrogen-bond donors (Lipinski definition) is 1. The highest BCUT2D eigenvalue weighted by Crippen LogP contribution is 2.24. The quantitative estimate of drug-likeness (QED) is 0.592. The van der Waals surface area contributed by atoms with Crippen molar-refractivity contribution in [3.63, 3.8) is 0 Å². The number of hydrazone groups is 1. The van der Waals surface area contributed by atoms with E-state index in [1.54, 1.807) is 11.2 Å². The number of nitrogen functional groups attached to an aromatic ring is 1. The lowest BCUT2D eigenvalue weighted by Gasteiger charge is -2.19. The Balaban J connectivity index is 1.94. The Bertz CT molecular complexity index is 828. The van der Waals surface area contributed by atoms with Crippen LogP contribution in [0.4, 0.5) is 11.5 Å². The van der Waals surface area contributed by atoms with Crippen molar-refractivity contribution in [2.45, 2.75) is 13.5 Å². The Morgan fingerprint density at radius 2 is 2.09 bits per heavy atom. The third-order valence-corrected chi connectivity index (χ3v) is 3.46. The first-order valence-corrected chi connectivity index (χ1v) is 6.98. The third-order valence-electron chi connectivity index (χ3n) is 3.46. The Morgan fingerprint density at radius 3 is 2.91 bits per heavy atom. The Hall–Kier alpha value is -2.95. The number of aromatic nitrogens is 2. The maximum Gasteiger partial charge on any atom is 0.172 e. The molecule has 3 rings (SSSR count). The standard InChI is InChI=1S/C17H17N5/c1-12-5-7-15(18)17(21-12)22(19-2)11-13-6-8-16-14(10-13)4-3-9-20-16/h3-10H,2,11,18H2,1H3. The van der Waals surface area contributed by atoms with Crippen molar-refractivity contribution in [1.29, 1.82) is 0 Å². The van der Waals surface area contributed by atoms with Crippen LogP contribution < -0.4 is 10.7 Å². The molecule has 0 fully saturated rings. The molecule has 3 aromatic rings. The van der Waals surface area contributed by atoms with Crippen LogP contribution in [0.2, 0.25) is 0 Å². The molecule has 110 valence electrons. The van der Waals surface area contributed by atoms with Gasteiger partial charge in [-0.05, 0) is 42.8 Å². The highest BCUT2D eigenvalue weighted by atomic mass is 15.5. The molecule has 2 N–H and O–H groups in total. The predicted octanol–water partition coefficient (Wildman–Crippen LogP) is 3.14. The van der Waals surface area contributed by atoms with Crippen molar-refractivity contribution in [2.24, 2.45) is 5.10 Å². The minimum absolute atomic E-state index is 0.551. The first-order chi connectivity index (χ1) is 10.7. The van der Waals surface area contributed by atoms with E-state index in [1.165, 1.54) is 0 Å². The van der Waals surface area contributed by atoms with Crippen LogP contribution in [0.15, 0.2) is 53.8 Å². The molecule has 0 aliphatic heterocycles. The van der Waals surface area contributed by atoms with Crippen LogP contribution in [0.1, 0.15) is 11.3 Å². The predicted molar refractivity (Wildman–Crippen MR) is 90.9 cm³/mol. The van der Waals surface area contributed by atoms with Crippen LogP contribution in [-0.2, 0) is 6.54 Å². The normalized spacial score (nSPS) is 10.6. The molecule has 0 spiro atoms. The Morgan fingerprint density at radius 1 is 1.23 bits per heavy atom. The fourth-order valence-electron chi connectivity index (χ4n) is 2.35. The van der Waals surface area contributed by atoms with Gasteiger partial charge in [0.15, 0.2) is 5.82 Å². The molecule has 0 atom stereocenters. The second kappa shape index (κ2) is 5.81. The van der Waals surface area contributed by atoms with Gasteiger partial charge in [0.1, 0.15) is 0 Å². The van der Waals surface area contributed by atoms with Crippen LogP contribution in [0.25, 0.3) is 10.9 Å². The molecule has 22 heavy (non-hydrogen) atoms. The second-order valence-corrected chi connectivity index (χ2v) is 5.09. The van der Waals surface area contributed by atoms with Gasteiger partial charge in [-0.2, -0.15) is 5.10 Å². The van der Waals surface area contributed by atoms with E-state index in [0.717, 1.165) is 22.2 Å². The molecule has 0 aliphatic rings. The molecular weight excluding hydrogens is 274 g/mol. The number of nitrogens with zero attached hydrogens (tertiary/aromatic N) is 4. The van der Waals surface area contributed by atoms with Crippen LogP contribution in [0.3, 0.4) is 0 Å². The largest absolute Gasteiger partial charge is 0.396 e. The van der Waals surface area contributed by atoms with Crippen LogP contribution in [-0.4, -0.2) is 16.7 Å². The lowest BCUT2D eigenvalue weighted by molar-refractivity contribution is 0.839. The number of hydrogen-bond acceptors (Lipinski definition) is 5. The van der Waals surface area contributed by atoms with E-state index >= 15 is 0 Å². The molecular formula is C17H17N5. The van der Waals surface area contributed by atoms with Gasteiger partial charge in [0.25, 0.3) is 0 Å². The zero-order chi connectivity index (χ0) is 15.5. The molecule has 0 unspecified atom stereocenters. The van der Waals surface area contributed by atoms with E-state index < -0.39 is 0 Å². The summed E-state index contributed by atoms with van der Waals surface area (Å²) in [7, 11) is 0. The van der Waals surface area contributed by atoms with Gasteiger partial charge >= 0.3 is 0 Å². The highest BCUT2D eigenvalue weighted by molar-refractivity contribution is 5.79. The molecule has 0 bridgehead atoms. The van der Waals surface area contributed by atoms with Gasteiger partial charge < -0.3 is 5.73 Å². The van der Waals surface area contributed by atoms with Gasteiger partial charge in [0.05, 0.1) is 17.7 Å². The Labute approximate surface area is 129 Å². The fourth-order valence-corrected chi connectivity index (χ4v) is 2.35. The van der Waals surface area contributed by atoms with E-state index in [4.69, 9.17) is 5.73 Å². The molecule has 0 aliphatic carbocycles. The minimum atomic E-state index is 0.551. The molecule has 1 aromatic carbocycles. The molecule has 2 heterocycles. The smallest absolute Gasteiger partial charge is 0.172 e. The maximum atomic E-state index is 6.01. The van der Waals surface area contributed by atoms with Gasteiger partial charge in [-0.1, -0.05) is 12.1 Å². The summed E-state index contributed by atoms with van der Waals surface area (Å²) in [4.78, 5) is 8.78. The third kappa shape index (κ3) is 2.74. The van der Waals surface area contributed by atoms with Crippen molar-refractivity contribution in [2.75, 3.05) is 10.7 Å². The zero-order valence-corrected chi connectivity index (χ0v) is 12.4. The van der Waals surface area contributed by atoms with Gasteiger partial charge in [-0.3, -0.25) is 4.98 Å². The molecule has 5 heteroatoms. The maximum absolute atomic E-state index is 6.01. The SMILES string of the molecule is C=NN(Cc1ccc2ncccc2c1)c1nc(C)ccc1N. The number of rotatable bonds is 4. The minimum Gasteiger partial charge on any atom is -0.396 e. The topological polar surface area (TPSA) is 67.4 Å². The van der Waals surface area contributed by atoms with Crippen molar-refractivity contribution in [1.82, 2.24) is 9.97 Å². The second-order valence-electron chi connectivity index (χ2n) is 5.09. The first kappa shape index (κ1) is 14.0. The summed E-state index contributed by atoms with van der Waals surface area (Å²) in [6, 6.07) is 13.8. The lowest BCUT2D eigenvalue weighted by atomic mass is 10.1. The van der Waals surface area contributed by atoms with Crippen LogP contribution in [0, 0.1) is 6.92 Å². The molecule has 2 aromatic heterocycles.